The molecule has 0 aliphatic rings. The normalized spacial score (nSPS) is 12.2. The first-order chi connectivity index (χ1) is 8.56. The lowest BCUT2D eigenvalue weighted by Crippen LogP contribution is -1.94. The molecular weight excluding hydrogens is 257 g/mol. The molecule has 1 N–H and O–H groups in total. The van der Waals surface area contributed by atoms with Crippen LogP contribution in [0.5, 0.6) is 11.5 Å². The van der Waals surface area contributed by atoms with Gasteiger partial charge in [-0.2, -0.15) is 0 Å². The predicted molar refractivity (Wildman–Crippen MR) is 66.4 cm³/mol. The average Bonchev–Trinajstić information content (AvgIpc) is 2.31. The second kappa shape index (κ2) is 5.33. The summed E-state index contributed by atoms with van der Waals surface area (Å²) in [5, 5.41) is 9.74. The zero-order chi connectivity index (χ0) is 13.1. The number of hydrogen-bond acceptors (Lipinski definition) is 3. The molecule has 1 aromatic heterocycles. The molecular formula is C13H11ClFNO2. The van der Waals surface area contributed by atoms with Gasteiger partial charge in [-0.1, -0.05) is 17.7 Å². The van der Waals surface area contributed by atoms with Gasteiger partial charge in [0.1, 0.15) is 5.75 Å². The maximum atomic E-state index is 13.7. The van der Waals surface area contributed by atoms with E-state index in [1.165, 1.54) is 30.6 Å². The first-order valence-electron chi connectivity index (χ1n) is 5.32. The maximum Gasteiger partial charge on any atom is 0.166 e. The van der Waals surface area contributed by atoms with Crippen molar-refractivity contribution < 1.29 is 14.2 Å². The summed E-state index contributed by atoms with van der Waals surface area (Å²) in [6.45, 7) is 1.57. The third-order valence-electron chi connectivity index (χ3n) is 2.35. The first kappa shape index (κ1) is 12.8. The fraction of sp³-hybridized carbons (Fsp3) is 0.154. The molecule has 0 spiro atoms. The SMILES string of the molecule is CC(O)c1ccc(Oc2cncc(Cl)c2)c(F)c1. The summed E-state index contributed by atoms with van der Waals surface area (Å²) in [5.41, 5.74) is 0.490. The highest BCUT2D eigenvalue weighted by molar-refractivity contribution is 6.30. The van der Waals surface area contributed by atoms with Crippen LogP contribution in [0.25, 0.3) is 0 Å². The van der Waals surface area contributed by atoms with E-state index in [1.807, 2.05) is 0 Å². The van der Waals surface area contributed by atoms with Crippen LogP contribution in [-0.4, -0.2) is 10.1 Å². The Labute approximate surface area is 109 Å². The number of nitrogens with zero attached hydrogens (tertiary/aromatic N) is 1. The van der Waals surface area contributed by atoms with E-state index >= 15 is 0 Å². The van der Waals surface area contributed by atoms with Crippen molar-refractivity contribution in [3.05, 3.63) is 53.1 Å². The summed E-state index contributed by atoms with van der Waals surface area (Å²) in [6.07, 6.45) is 2.18. The summed E-state index contributed by atoms with van der Waals surface area (Å²) < 4.78 is 19.0. The van der Waals surface area contributed by atoms with Gasteiger partial charge in [-0.3, -0.25) is 4.98 Å². The van der Waals surface area contributed by atoms with Gasteiger partial charge in [0, 0.05) is 12.3 Å². The number of aliphatic hydroxyl groups excluding tert-OH is 1. The van der Waals surface area contributed by atoms with Crippen LogP contribution in [-0.2, 0) is 0 Å². The van der Waals surface area contributed by atoms with Crippen molar-refractivity contribution in [2.75, 3.05) is 0 Å². The first-order valence-corrected chi connectivity index (χ1v) is 5.70. The van der Waals surface area contributed by atoms with E-state index < -0.39 is 11.9 Å². The minimum absolute atomic E-state index is 0.0588. The molecule has 2 rings (SSSR count). The van der Waals surface area contributed by atoms with Crippen LogP contribution in [0.1, 0.15) is 18.6 Å². The van der Waals surface area contributed by atoms with Crippen molar-refractivity contribution in [3.63, 3.8) is 0 Å². The summed E-state index contributed by atoms with van der Waals surface area (Å²) in [7, 11) is 0. The smallest absolute Gasteiger partial charge is 0.166 e. The van der Waals surface area contributed by atoms with E-state index in [1.54, 1.807) is 13.0 Å². The van der Waals surface area contributed by atoms with Gasteiger partial charge in [-0.25, -0.2) is 4.39 Å². The number of hydrogen-bond donors (Lipinski definition) is 1. The Kier molecular flexibility index (Phi) is 3.79. The Morgan fingerprint density at radius 1 is 1.33 bits per heavy atom. The lowest BCUT2D eigenvalue weighted by Gasteiger charge is -2.09. The van der Waals surface area contributed by atoms with Gasteiger partial charge in [0.05, 0.1) is 17.3 Å². The second-order valence-corrected chi connectivity index (χ2v) is 4.24. The molecule has 0 radical (unpaired) electrons. The van der Waals surface area contributed by atoms with Crippen LogP contribution in [0.3, 0.4) is 0 Å². The number of aromatic nitrogens is 1. The van der Waals surface area contributed by atoms with Gasteiger partial charge in [0.25, 0.3) is 0 Å². The van der Waals surface area contributed by atoms with Crippen molar-refractivity contribution in [1.82, 2.24) is 4.98 Å². The Balaban J connectivity index is 2.24. The van der Waals surface area contributed by atoms with Crippen molar-refractivity contribution in [1.29, 1.82) is 0 Å². The largest absolute Gasteiger partial charge is 0.453 e. The average molecular weight is 268 g/mol. The minimum Gasteiger partial charge on any atom is -0.453 e. The lowest BCUT2D eigenvalue weighted by molar-refractivity contribution is 0.198. The van der Waals surface area contributed by atoms with Gasteiger partial charge in [0.2, 0.25) is 0 Å². The molecule has 0 saturated carbocycles. The van der Waals surface area contributed by atoms with E-state index in [0.29, 0.717) is 16.3 Å². The molecule has 1 atom stereocenters. The van der Waals surface area contributed by atoms with Gasteiger partial charge >= 0.3 is 0 Å². The van der Waals surface area contributed by atoms with Gasteiger partial charge < -0.3 is 9.84 Å². The van der Waals surface area contributed by atoms with Gasteiger partial charge in [-0.15, -0.1) is 0 Å². The summed E-state index contributed by atoms with van der Waals surface area (Å²) >= 11 is 5.75. The van der Waals surface area contributed by atoms with Crippen LogP contribution >= 0.6 is 11.6 Å². The molecule has 2 aromatic rings. The molecule has 3 nitrogen and oxygen atoms in total. The number of benzene rings is 1. The molecule has 1 aromatic carbocycles. The minimum atomic E-state index is -0.721. The van der Waals surface area contributed by atoms with Crippen LogP contribution in [0, 0.1) is 5.82 Å². The highest BCUT2D eigenvalue weighted by Gasteiger charge is 2.09. The highest BCUT2D eigenvalue weighted by Crippen LogP contribution is 2.27. The predicted octanol–water partition coefficient (Wildman–Crippen LogP) is 3.72. The molecule has 94 valence electrons. The molecule has 0 fully saturated rings. The van der Waals surface area contributed by atoms with Crippen LogP contribution in [0.2, 0.25) is 5.02 Å². The standard InChI is InChI=1S/C13H11ClFNO2/c1-8(17)9-2-3-13(12(15)4-9)18-11-5-10(14)6-16-7-11/h2-8,17H,1H3. The summed E-state index contributed by atoms with van der Waals surface area (Å²) in [6, 6.07) is 5.83. The number of rotatable bonds is 3. The van der Waals surface area contributed by atoms with Gasteiger partial charge in [0.15, 0.2) is 11.6 Å². The summed E-state index contributed by atoms with van der Waals surface area (Å²) in [4.78, 5) is 3.84. The Morgan fingerprint density at radius 2 is 2.11 bits per heavy atom. The molecule has 0 bridgehead atoms. The second-order valence-electron chi connectivity index (χ2n) is 3.81. The van der Waals surface area contributed by atoms with Gasteiger partial charge in [-0.05, 0) is 24.6 Å². The van der Waals surface area contributed by atoms with E-state index in [2.05, 4.69) is 4.98 Å². The molecule has 18 heavy (non-hydrogen) atoms. The Morgan fingerprint density at radius 3 is 2.72 bits per heavy atom. The van der Waals surface area contributed by atoms with E-state index in [-0.39, 0.29) is 5.75 Å². The quantitative estimate of drug-likeness (QED) is 0.922. The number of ether oxygens (including phenoxy) is 1. The third kappa shape index (κ3) is 2.97. The zero-order valence-corrected chi connectivity index (χ0v) is 10.4. The lowest BCUT2D eigenvalue weighted by atomic mass is 10.1. The molecule has 0 amide bonds. The highest BCUT2D eigenvalue weighted by atomic mass is 35.5. The third-order valence-corrected chi connectivity index (χ3v) is 2.55. The fourth-order valence-corrected chi connectivity index (χ4v) is 1.60. The summed E-state index contributed by atoms with van der Waals surface area (Å²) in [5.74, 6) is -0.136. The van der Waals surface area contributed by atoms with Crippen LogP contribution in [0.15, 0.2) is 36.7 Å². The monoisotopic (exact) mass is 267 g/mol. The molecule has 1 unspecified atom stereocenters. The fourth-order valence-electron chi connectivity index (χ4n) is 1.43. The Bertz CT molecular complexity index is 560. The van der Waals surface area contributed by atoms with Crippen molar-refractivity contribution >= 4 is 11.6 Å². The van der Waals surface area contributed by atoms with E-state index in [0.717, 1.165) is 0 Å². The van der Waals surface area contributed by atoms with Crippen LogP contribution < -0.4 is 4.74 Å². The van der Waals surface area contributed by atoms with E-state index in [9.17, 15) is 9.50 Å². The number of aliphatic hydroxyl groups is 1. The van der Waals surface area contributed by atoms with Crippen molar-refractivity contribution in [2.45, 2.75) is 13.0 Å². The molecule has 1 heterocycles. The molecule has 0 aliphatic carbocycles. The van der Waals surface area contributed by atoms with E-state index in [4.69, 9.17) is 16.3 Å². The zero-order valence-electron chi connectivity index (χ0n) is 9.60. The topological polar surface area (TPSA) is 42.4 Å². The van der Waals surface area contributed by atoms with Crippen molar-refractivity contribution in [2.24, 2.45) is 0 Å². The molecule has 5 heteroatoms. The molecule has 0 aliphatic heterocycles. The Hall–Kier alpha value is -1.65. The maximum absolute atomic E-state index is 13.7. The number of pyridine rings is 1. The van der Waals surface area contributed by atoms with Crippen molar-refractivity contribution in [3.8, 4) is 11.5 Å². The molecule has 0 saturated heterocycles. The number of halogens is 2. The van der Waals surface area contributed by atoms with Crippen LogP contribution in [0.4, 0.5) is 4.39 Å².